The van der Waals surface area contributed by atoms with Crippen molar-refractivity contribution >= 4 is 10.0 Å². The van der Waals surface area contributed by atoms with Crippen LogP contribution in [-0.4, -0.2) is 45.6 Å². The molecule has 2 aromatic rings. The third kappa shape index (κ3) is 3.01. The highest BCUT2D eigenvalue weighted by molar-refractivity contribution is 7.89. The third-order valence-electron chi connectivity index (χ3n) is 3.83. The average molecular weight is 309 g/mol. The van der Waals surface area contributed by atoms with E-state index >= 15 is 0 Å². The van der Waals surface area contributed by atoms with Crippen LogP contribution in [-0.2, 0) is 23.5 Å². The number of sulfonamides is 1. The van der Waals surface area contributed by atoms with Crippen molar-refractivity contribution < 1.29 is 8.42 Å². The molecule has 0 bridgehead atoms. The molecule has 0 spiro atoms. The number of hydrogen-bond donors (Lipinski definition) is 1. The van der Waals surface area contributed by atoms with Gasteiger partial charge in [-0.15, -0.1) is 0 Å². The molecular formula is C13H19N5O2S. The van der Waals surface area contributed by atoms with Crippen molar-refractivity contribution in [1.82, 2.24) is 24.1 Å². The molecule has 0 aliphatic carbocycles. The van der Waals surface area contributed by atoms with Gasteiger partial charge in [0.25, 0.3) is 10.0 Å². The lowest BCUT2D eigenvalue weighted by Gasteiger charge is -2.31. The molecule has 1 aliphatic rings. The van der Waals surface area contributed by atoms with E-state index in [1.54, 1.807) is 28.3 Å². The third-order valence-corrected chi connectivity index (χ3v) is 5.58. The van der Waals surface area contributed by atoms with E-state index in [0.29, 0.717) is 19.0 Å². The summed E-state index contributed by atoms with van der Waals surface area (Å²) in [7, 11) is -1.71. The van der Waals surface area contributed by atoms with E-state index in [4.69, 9.17) is 0 Å². The number of imidazole rings is 1. The van der Waals surface area contributed by atoms with E-state index in [1.165, 1.54) is 6.33 Å². The van der Waals surface area contributed by atoms with Gasteiger partial charge in [0.05, 0.1) is 6.33 Å². The van der Waals surface area contributed by atoms with Gasteiger partial charge in [-0.05, 0) is 31.2 Å². The SMILES string of the molecule is Cn1cnc(S(=O)(=O)N2CCC[C@H](Cc3ccn[nH]3)C2)c1. The smallest absolute Gasteiger partial charge is 0.262 e. The van der Waals surface area contributed by atoms with Gasteiger partial charge in [0.2, 0.25) is 0 Å². The standard InChI is InChI=1S/C13H19N5O2S/c1-17-9-13(14-10-17)21(19,20)18-6-2-3-11(8-18)7-12-4-5-15-16-12/h4-5,9-11H,2-3,6-8H2,1H3,(H,15,16)/t11-/m1/s1. The van der Waals surface area contributed by atoms with Crippen molar-refractivity contribution in [3.05, 3.63) is 30.5 Å². The van der Waals surface area contributed by atoms with Gasteiger partial charge < -0.3 is 4.57 Å². The summed E-state index contributed by atoms with van der Waals surface area (Å²) in [5.74, 6) is 0.317. The van der Waals surface area contributed by atoms with Crippen molar-refractivity contribution in [2.75, 3.05) is 13.1 Å². The van der Waals surface area contributed by atoms with Crippen LogP contribution in [0.15, 0.2) is 29.8 Å². The van der Waals surface area contributed by atoms with Crippen molar-refractivity contribution in [2.24, 2.45) is 13.0 Å². The second kappa shape index (κ2) is 5.61. The highest BCUT2D eigenvalue weighted by Crippen LogP contribution is 2.24. The summed E-state index contributed by atoms with van der Waals surface area (Å²) in [6.07, 6.45) is 7.53. The monoisotopic (exact) mass is 309 g/mol. The van der Waals surface area contributed by atoms with E-state index in [1.807, 2.05) is 6.07 Å². The maximum atomic E-state index is 12.6. The Bertz CT molecular complexity index is 692. The molecule has 0 radical (unpaired) electrons. The van der Waals surface area contributed by atoms with Crippen LogP contribution in [0.1, 0.15) is 18.5 Å². The number of H-pyrrole nitrogens is 1. The highest BCUT2D eigenvalue weighted by atomic mass is 32.2. The lowest BCUT2D eigenvalue weighted by Crippen LogP contribution is -2.40. The lowest BCUT2D eigenvalue weighted by molar-refractivity contribution is 0.263. The van der Waals surface area contributed by atoms with Crippen LogP contribution in [0.3, 0.4) is 0 Å². The first kappa shape index (κ1) is 14.3. The molecule has 0 unspecified atom stereocenters. The molecule has 1 fully saturated rings. The molecule has 1 N–H and O–H groups in total. The first-order chi connectivity index (χ1) is 10.1. The maximum absolute atomic E-state index is 12.6. The Kier molecular flexibility index (Phi) is 3.81. The average Bonchev–Trinajstić information content (AvgIpc) is 3.11. The molecule has 114 valence electrons. The summed E-state index contributed by atoms with van der Waals surface area (Å²) < 4.78 is 28.4. The molecule has 1 aliphatic heterocycles. The van der Waals surface area contributed by atoms with Crippen LogP contribution in [0.25, 0.3) is 0 Å². The Morgan fingerprint density at radius 1 is 1.48 bits per heavy atom. The van der Waals surface area contributed by atoms with E-state index in [-0.39, 0.29) is 5.03 Å². The van der Waals surface area contributed by atoms with E-state index < -0.39 is 10.0 Å². The van der Waals surface area contributed by atoms with Gasteiger partial charge in [-0.2, -0.15) is 9.40 Å². The first-order valence-electron chi connectivity index (χ1n) is 7.02. The number of rotatable bonds is 4. The summed E-state index contributed by atoms with van der Waals surface area (Å²) in [5.41, 5.74) is 1.05. The Hall–Kier alpha value is -1.67. The molecule has 0 amide bonds. The molecule has 1 atom stereocenters. The summed E-state index contributed by atoms with van der Waals surface area (Å²) >= 11 is 0. The van der Waals surface area contributed by atoms with Gasteiger partial charge in [-0.1, -0.05) is 0 Å². The van der Waals surface area contributed by atoms with Gasteiger partial charge in [-0.25, -0.2) is 13.4 Å². The molecule has 1 saturated heterocycles. The zero-order chi connectivity index (χ0) is 14.9. The maximum Gasteiger partial charge on any atom is 0.262 e. The second-order valence-corrected chi connectivity index (χ2v) is 7.42. The van der Waals surface area contributed by atoms with Crippen molar-refractivity contribution in [3.8, 4) is 0 Å². The number of aromatic amines is 1. The van der Waals surface area contributed by atoms with Crippen LogP contribution in [0, 0.1) is 5.92 Å². The fourth-order valence-electron chi connectivity index (χ4n) is 2.78. The molecule has 8 heteroatoms. The molecule has 2 aromatic heterocycles. The Morgan fingerprint density at radius 2 is 2.33 bits per heavy atom. The van der Waals surface area contributed by atoms with Gasteiger partial charge >= 0.3 is 0 Å². The number of nitrogens with one attached hydrogen (secondary N) is 1. The number of aromatic nitrogens is 4. The largest absolute Gasteiger partial charge is 0.339 e. The molecule has 7 nitrogen and oxygen atoms in total. The molecular weight excluding hydrogens is 290 g/mol. The van der Waals surface area contributed by atoms with Crippen molar-refractivity contribution in [2.45, 2.75) is 24.3 Å². The van der Waals surface area contributed by atoms with Crippen molar-refractivity contribution in [3.63, 3.8) is 0 Å². The van der Waals surface area contributed by atoms with Crippen LogP contribution in [0.5, 0.6) is 0 Å². The number of nitrogens with zero attached hydrogens (tertiary/aromatic N) is 4. The van der Waals surface area contributed by atoms with E-state index in [0.717, 1.165) is 25.0 Å². The zero-order valence-electron chi connectivity index (χ0n) is 11.9. The quantitative estimate of drug-likeness (QED) is 0.905. The fraction of sp³-hybridized carbons (Fsp3) is 0.538. The zero-order valence-corrected chi connectivity index (χ0v) is 12.8. The second-order valence-electron chi connectivity index (χ2n) is 5.53. The van der Waals surface area contributed by atoms with Gasteiger partial charge in [-0.3, -0.25) is 5.10 Å². The first-order valence-corrected chi connectivity index (χ1v) is 8.46. The molecule has 21 heavy (non-hydrogen) atoms. The minimum absolute atomic E-state index is 0.132. The van der Waals surface area contributed by atoms with Crippen molar-refractivity contribution in [1.29, 1.82) is 0 Å². The summed E-state index contributed by atoms with van der Waals surface area (Å²) in [6, 6.07) is 1.94. The molecule has 3 rings (SSSR count). The van der Waals surface area contributed by atoms with Crippen LogP contribution in [0.2, 0.25) is 0 Å². The summed E-state index contributed by atoms with van der Waals surface area (Å²) in [4.78, 5) is 3.98. The number of hydrogen-bond acceptors (Lipinski definition) is 4. The number of piperidine rings is 1. The predicted octanol–water partition coefficient (Wildman–Crippen LogP) is 0.787. The van der Waals surface area contributed by atoms with E-state index in [2.05, 4.69) is 15.2 Å². The summed E-state index contributed by atoms with van der Waals surface area (Å²) in [6.45, 7) is 1.11. The molecule has 0 saturated carbocycles. The van der Waals surface area contributed by atoms with Crippen LogP contribution < -0.4 is 0 Å². The van der Waals surface area contributed by atoms with Gasteiger partial charge in [0.1, 0.15) is 0 Å². The summed E-state index contributed by atoms with van der Waals surface area (Å²) in [5, 5.41) is 7.01. The van der Waals surface area contributed by atoms with E-state index in [9.17, 15) is 8.42 Å². The predicted molar refractivity (Wildman–Crippen MR) is 77.0 cm³/mol. The molecule has 0 aromatic carbocycles. The normalized spacial score (nSPS) is 20.7. The Morgan fingerprint density at radius 3 is 3.00 bits per heavy atom. The number of aryl methyl sites for hydroxylation is 1. The van der Waals surface area contributed by atoms with Crippen LogP contribution in [0.4, 0.5) is 0 Å². The Balaban J connectivity index is 1.73. The van der Waals surface area contributed by atoms with Gasteiger partial charge in [0, 0.05) is 38.2 Å². The van der Waals surface area contributed by atoms with Crippen LogP contribution >= 0.6 is 0 Å². The minimum atomic E-state index is -3.48. The fourth-order valence-corrected chi connectivity index (χ4v) is 4.30. The molecule has 3 heterocycles. The highest BCUT2D eigenvalue weighted by Gasteiger charge is 2.31. The lowest BCUT2D eigenvalue weighted by atomic mass is 9.95. The van der Waals surface area contributed by atoms with Gasteiger partial charge in [0.15, 0.2) is 5.03 Å². The topological polar surface area (TPSA) is 83.9 Å². The minimum Gasteiger partial charge on any atom is -0.339 e. The Labute approximate surface area is 124 Å².